The van der Waals surface area contributed by atoms with Crippen LogP contribution in [0.2, 0.25) is 0 Å². The topological polar surface area (TPSA) is 58.2 Å². The van der Waals surface area contributed by atoms with Crippen molar-refractivity contribution in [2.24, 2.45) is 0 Å². The molecule has 2 amide bonds. The molecule has 25 heavy (non-hydrogen) atoms. The summed E-state index contributed by atoms with van der Waals surface area (Å²) in [5, 5.41) is 5.63. The Kier molecular flexibility index (Phi) is 7.99. The maximum absolute atomic E-state index is 12.0. The number of thioether (sulfide) groups is 1. The third-order valence-electron chi connectivity index (χ3n) is 3.33. The number of halogens is 2. The van der Waals surface area contributed by atoms with E-state index in [2.05, 4.69) is 42.5 Å². The van der Waals surface area contributed by atoms with Crippen LogP contribution in [0.15, 0.2) is 56.3 Å². The standard InChI is InChI=1S/C18H18Br2N2O2S/c1-12-2-3-14(20)10-16(12)22-17(23)8-9-21-18(24)11-25-15-6-4-13(19)5-7-15/h2-7,10H,8-9,11H2,1H3,(H,21,24)(H,22,23). The predicted octanol–water partition coefficient (Wildman–Crippen LogP) is 4.76. The smallest absolute Gasteiger partial charge is 0.230 e. The lowest BCUT2D eigenvalue weighted by molar-refractivity contribution is -0.119. The maximum Gasteiger partial charge on any atom is 0.230 e. The number of carbonyl (C=O) groups is 2. The van der Waals surface area contributed by atoms with Gasteiger partial charge in [-0.2, -0.15) is 0 Å². The molecule has 0 fully saturated rings. The highest BCUT2D eigenvalue weighted by molar-refractivity contribution is 9.10. The van der Waals surface area contributed by atoms with Crippen LogP contribution in [0.1, 0.15) is 12.0 Å². The van der Waals surface area contributed by atoms with Crippen molar-refractivity contribution in [2.45, 2.75) is 18.2 Å². The number of nitrogens with one attached hydrogen (secondary N) is 2. The summed E-state index contributed by atoms with van der Waals surface area (Å²) in [4.78, 5) is 24.9. The van der Waals surface area contributed by atoms with Crippen molar-refractivity contribution in [1.82, 2.24) is 5.32 Å². The fourth-order valence-electron chi connectivity index (χ4n) is 1.99. The molecular weight excluding hydrogens is 468 g/mol. The maximum atomic E-state index is 12.0. The van der Waals surface area contributed by atoms with Crippen molar-refractivity contribution >= 4 is 61.1 Å². The van der Waals surface area contributed by atoms with Crippen molar-refractivity contribution in [3.8, 4) is 0 Å². The summed E-state index contributed by atoms with van der Waals surface area (Å²) < 4.78 is 1.92. The Balaban J connectivity index is 1.69. The molecule has 0 saturated carbocycles. The fraction of sp³-hybridized carbons (Fsp3) is 0.222. The number of benzene rings is 2. The third-order valence-corrected chi connectivity index (χ3v) is 5.37. The zero-order valence-corrected chi connectivity index (χ0v) is 17.6. The van der Waals surface area contributed by atoms with Crippen LogP contribution in [0.25, 0.3) is 0 Å². The van der Waals surface area contributed by atoms with Gasteiger partial charge in [-0.25, -0.2) is 0 Å². The molecule has 0 aliphatic carbocycles. The minimum Gasteiger partial charge on any atom is -0.355 e. The summed E-state index contributed by atoms with van der Waals surface area (Å²) >= 11 is 8.22. The number of rotatable bonds is 7. The molecule has 0 radical (unpaired) electrons. The largest absolute Gasteiger partial charge is 0.355 e. The van der Waals surface area contributed by atoms with E-state index in [1.807, 2.05) is 49.4 Å². The summed E-state index contributed by atoms with van der Waals surface area (Å²) in [5.41, 5.74) is 1.77. The summed E-state index contributed by atoms with van der Waals surface area (Å²) in [6, 6.07) is 13.5. The van der Waals surface area contributed by atoms with Gasteiger partial charge in [0.05, 0.1) is 5.75 Å². The van der Waals surface area contributed by atoms with E-state index in [4.69, 9.17) is 0 Å². The van der Waals surface area contributed by atoms with Crippen molar-refractivity contribution in [3.05, 3.63) is 57.0 Å². The molecule has 2 aromatic carbocycles. The molecule has 2 N–H and O–H groups in total. The first kappa shape index (κ1) is 20.0. The molecule has 0 aliphatic heterocycles. The van der Waals surface area contributed by atoms with E-state index in [9.17, 15) is 9.59 Å². The van der Waals surface area contributed by atoms with Gasteiger partial charge in [-0.05, 0) is 48.9 Å². The Hall–Kier alpha value is -1.31. The van der Waals surface area contributed by atoms with Crippen LogP contribution in [0, 0.1) is 6.92 Å². The highest BCUT2D eigenvalue weighted by atomic mass is 79.9. The quantitative estimate of drug-likeness (QED) is 0.556. The van der Waals surface area contributed by atoms with Gasteiger partial charge in [-0.1, -0.05) is 37.9 Å². The van der Waals surface area contributed by atoms with Crippen LogP contribution >= 0.6 is 43.6 Å². The molecule has 7 heteroatoms. The van der Waals surface area contributed by atoms with E-state index in [1.165, 1.54) is 11.8 Å². The van der Waals surface area contributed by atoms with E-state index in [0.717, 1.165) is 25.1 Å². The van der Waals surface area contributed by atoms with Crippen LogP contribution in [0.5, 0.6) is 0 Å². The highest BCUT2D eigenvalue weighted by Crippen LogP contribution is 2.21. The van der Waals surface area contributed by atoms with Gasteiger partial charge in [-0.15, -0.1) is 11.8 Å². The van der Waals surface area contributed by atoms with Gasteiger partial charge in [0, 0.05) is 32.5 Å². The number of hydrogen-bond acceptors (Lipinski definition) is 3. The second-order valence-electron chi connectivity index (χ2n) is 5.35. The van der Waals surface area contributed by atoms with Gasteiger partial charge in [0.1, 0.15) is 0 Å². The molecule has 0 saturated heterocycles. The molecule has 132 valence electrons. The number of hydrogen-bond donors (Lipinski definition) is 2. The Morgan fingerprint density at radius 1 is 1.00 bits per heavy atom. The van der Waals surface area contributed by atoms with Gasteiger partial charge in [-0.3, -0.25) is 9.59 Å². The Morgan fingerprint density at radius 2 is 1.68 bits per heavy atom. The molecule has 0 heterocycles. The average molecular weight is 486 g/mol. The normalized spacial score (nSPS) is 10.4. The molecule has 0 atom stereocenters. The molecular formula is C18H18Br2N2O2S. The molecule has 0 aromatic heterocycles. The van der Waals surface area contributed by atoms with Crippen LogP contribution in [-0.4, -0.2) is 24.1 Å². The lowest BCUT2D eigenvalue weighted by atomic mass is 10.2. The van der Waals surface area contributed by atoms with Crippen molar-refractivity contribution in [1.29, 1.82) is 0 Å². The zero-order chi connectivity index (χ0) is 18.2. The first-order valence-electron chi connectivity index (χ1n) is 7.65. The molecule has 2 aromatic rings. The minimum absolute atomic E-state index is 0.0839. The predicted molar refractivity (Wildman–Crippen MR) is 110 cm³/mol. The number of carbonyl (C=O) groups excluding carboxylic acids is 2. The first-order valence-corrected chi connectivity index (χ1v) is 10.2. The second kappa shape index (κ2) is 9.99. The van der Waals surface area contributed by atoms with Crippen LogP contribution in [0.4, 0.5) is 5.69 Å². The van der Waals surface area contributed by atoms with Crippen molar-refractivity contribution < 1.29 is 9.59 Å². The SMILES string of the molecule is Cc1ccc(Br)cc1NC(=O)CCNC(=O)CSc1ccc(Br)cc1. The molecule has 0 unspecified atom stereocenters. The summed E-state index contributed by atoms with van der Waals surface area (Å²) in [6.45, 7) is 2.25. The first-order chi connectivity index (χ1) is 11.9. The zero-order valence-electron chi connectivity index (χ0n) is 13.6. The second-order valence-corrected chi connectivity index (χ2v) is 8.23. The van der Waals surface area contributed by atoms with Crippen LogP contribution in [-0.2, 0) is 9.59 Å². The van der Waals surface area contributed by atoms with E-state index in [0.29, 0.717) is 12.3 Å². The lowest BCUT2D eigenvalue weighted by Crippen LogP contribution is -2.29. The fourth-order valence-corrected chi connectivity index (χ4v) is 3.34. The van der Waals surface area contributed by atoms with E-state index in [-0.39, 0.29) is 18.2 Å². The van der Waals surface area contributed by atoms with E-state index >= 15 is 0 Å². The average Bonchev–Trinajstić information content (AvgIpc) is 2.57. The third kappa shape index (κ3) is 7.22. The summed E-state index contributed by atoms with van der Waals surface area (Å²) in [7, 11) is 0. The highest BCUT2D eigenvalue weighted by Gasteiger charge is 2.07. The van der Waals surface area contributed by atoms with Gasteiger partial charge >= 0.3 is 0 Å². The van der Waals surface area contributed by atoms with Crippen molar-refractivity contribution in [3.63, 3.8) is 0 Å². The van der Waals surface area contributed by atoms with Crippen molar-refractivity contribution in [2.75, 3.05) is 17.6 Å². The Morgan fingerprint density at radius 3 is 2.40 bits per heavy atom. The van der Waals surface area contributed by atoms with Crippen LogP contribution in [0.3, 0.4) is 0 Å². The van der Waals surface area contributed by atoms with Crippen LogP contribution < -0.4 is 10.6 Å². The molecule has 0 bridgehead atoms. The molecule has 2 rings (SSSR count). The Labute approximate surface area is 168 Å². The number of anilines is 1. The monoisotopic (exact) mass is 484 g/mol. The lowest BCUT2D eigenvalue weighted by Gasteiger charge is -2.09. The minimum atomic E-state index is -0.123. The summed E-state index contributed by atoms with van der Waals surface area (Å²) in [6.07, 6.45) is 0.237. The number of amides is 2. The van der Waals surface area contributed by atoms with E-state index < -0.39 is 0 Å². The Bertz CT molecular complexity index is 751. The van der Waals surface area contributed by atoms with Gasteiger partial charge in [0.25, 0.3) is 0 Å². The molecule has 0 aliphatic rings. The molecule has 4 nitrogen and oxygen atoms in total. The number of aryl methyl sites for hydroxylation is 1. The van der Waals surface area contributed by atoms with E-state index in [1.54, 1.807) is 0 Å². The van der Waals surface area contributed by atoms with Gasteiger partial charge in [0.15, 0.2) is 0 Å². The van der Waals surface area contributed by atoms with Gasteiger partial charge in [0.2, 0.25) is 11.8 Å². The van der Waals surface area contributed by atoms with Gasteiger partial charge < -0.3 is 10.6 Å². The molecule has 0 spiro atoms. The summed E-state index contributed by atoms with van der Waals surface area (Å²) in [5.74, 6) is 0.120.